The second-order valence-corrected chi connectivity index (χ2v) is 7.68. The number of halogens is 1. The molecule has 130 valence electrons. The van der Waals surface area contributed by atoms with E-state index in [1.54, 1.807) is 19.1 Å². The summed E-state index contributed by atoms with van der Waals surface area (Å²) < 4.78 is 1.84. The SMILES string of the molecule is Cn1c(SCC(=O)N[C@](C)(C#N)C2CC2)nnc1-c1ccc(Cl)cc1. The van der Waals surface area contributed by atoms with Gasteiger partial charge in [-0.3, -0.25) is 4.79 Å². The van der Waals surface area contributed by atoms with E-state index >= 15 is 0 Å². The van der Waals surface area contributed by atoms with Gasteiger partial charge in [-0.05, 0) is 49.9 Å². The van der Waals surface area contributed by atoms with E-state index in [-0.39, 0.29) is 17.6 Å². The molecular formula is C17H18ClN5OS. The Balaban J connectivity index is 1.63. The fraction of sp³-hybridized carbons (Fsp3) is 0.412. The molecule has 1 aromatic carbocycles. The maximum atomic E-state index is 12.2. The first-order chi connectivity index (χ1) is 11.9. The number of benzene rings is 1. The van der Waals surface area contributed by atoms with Gasteiger partial charge in [0.25, 0.3) is 0 Å². The molecule has 0 bridgehead atoms. The number of aromatic nitrogens is 3. The summed E-state index contributed by atoms with van der Waals surface area (Å²) in [6, 6.07) is 9.57. The van der Waals surface area contributed by atoms with Crippen LogP contribution in [0.25, 0.3) is 11.4 Å². The number of amides is 1. The average molecular weight is 376 g/mol. The van der Waals surface area contributed by atoms with Crippen LogP contribution >= 0.6 is 23.4 Å². The van der Waals surface area contributed by atoms with Crippen LogP contribution in [-0.2, 0) is 11.8 Å². The van der Waals surface area contributed by atoms with Gasteiger partial charge in [0.1, 0.15) is 5.54 Å². The third-order valence-electron chi connectivity index (χ3n) is 4.29. The number of nitrogens with one attached hydrogen (secondary N) is 1. The molecule has 1 heterocycles. The fourth-order valence-corrected chi connectivity index (χ4v) is 3.47. The molecule has 1 atom stereocenters. The minimum Gasteiger partial charge on any atom is -0.337 e. The van der Waals surface area contributed by atoms with Crippen LogP contribution in [0, 0.1) is 17.2 Å². The van der Waals surface area contributed by atoms with Crippen molar-refractivity contribution in [3.05, 3.63) is 29.3 Å². The van der Waals surface area contributed by atoms with E-state index in [1.165, 1.54) is 11.8 Å². The molecule has 0 radical (unpaired) electrons. The number of rotatable bonds is 6. The highest BCUT2D eigenvalue weighted by Gasteiger charge is 2.42. The normalized spacial score (nSPS) is 16.1. The maximum absolute atomic E-state index is 12.2. The number of carbonyl (C=O) groups is 1. The van der Waals surface area contributed by atoms with Gasteiger partial charge in [-0.2, -0.15) is 5.26 Å². The standard InChI is InChI=1S/C17H18ClN5OS/c1-17(10-19,12-5-6-12)20-14(24)9-25-16-22-21-15(23(16)2)11-3-7-13(18)8-4-11/h3-4,7-8,12H,5-6,9H2,1-2H3,(H,20,24)/t17-/m1/s1. The molecule has 2 aromatic rings. The molecule has 1 aliphatic carbocycles. The average Bonchev–Trinajstić information content (AvgIpc) is 3.39. The summed E-state index contributed by atoms with van der Waals surface area (Å²) in [5, 5.41) is 21.8. The van der Waals surface area contributed by atoms with Crippen molar-refractivity contribution in [1.29, 1.82) is 5.26 Å². The van der Waals surface area contributed by atoms with E-state index < -0.39 is 5.54 Å². The van der Waals surface area contributed by atoms with Crippen LogP contribution in [-0.4, -0.2) is 32.0 Å². The second kappa shape index (κ2) is 7.06. The molecule has 6 nitrogen and oxygen atoms in total. The summed E-state index contributed by atoms with van der Waals surface area (Å²) in [5.41, 5.74) is 0.132. The van der Waals surface area contributed by atoms with E-state index in [9.17, 15) is 10.1 Å². The molecule has 0 aliphatic heterocycles. The van der Waals surface area contributed by atoms with Crippen molar-refractivity contribution in [2.75, 3.05) is 5.75 Å². The summed E-state index contributed by atoms with van der Waals surface area (Å²) in [5.74, 6) is 0.991. The molecule has 1 aliphatic rings. The van der Waals surface area contributed by atoms with Crippen LogP contribution in [0.4, 0.5) is 0 Å². The molecule has 8 heteroatoms. The highest BCUT2D eigenvalue weighted by atomic mass is 35.5. The van der Waals surface area contributed by atoms with Crippen molar-refractivity contribution >= 4 is 29.3 Å². The van der Waals surface area contributed by atoms with Crippen LogP contribution in [0.15, 0.2) is 29.4 Å². The van der Waals surface area contributed by atoms with Crippen LogP contribution in [0.2, 0.25) is 5.02 Å². The van der Waals surface area contributed by atoms with Crippen molar-refractivity contribution in [2.45, 2.75) is 30.5 Å². The number of thioether (sulfide) groups is 1. The van der Waals surface area contributed by atoms with Crippen LogP contribution in [0.5, 0.6) is 0 Å². The molecule has 0 spiro atoms. The summed E-state index contributed by atoms with van der Waals surface area (Å²) in [4.78, 5) is 12.2. The topological polar surface area (TPSA) is 83.6 Å². The first kappa shape index (κ1) is 17.8. The van der Waals surface area contributed by atoms with Crippen molar-refractivity contribution in [1.82, 2.24) is 20.1 Å². The highest BCUT2D eigenvalue weighted by molar-refractivity contribution is 7.99. The number of nitrogens with zero attached hydrogens (tertiary/aromatic N) is 4. The third-order valence-corrected chi connectivity index (χ3v) is 5.57. The van der Waals surface area contributed by atoms with Gasteiger partial charge in [-0.15, -0.1) is 10.2 Å². The first-order valence-electron chi connectivity index (χ1n) is 7.93. The highest BCUT2D eigenvalue weighted by Crippen LogP contribution is 2.39. The molecule has 1 amide bonds. The second-order valence-electron chi connectivity index (χ2n) is 6.30. The number of carbonyl (C=O) groups excluding carboxylic acids is 1. The Morgan fingerprint density at radius 1 is 1.44 bits per heavy atom. The Labute approximate surface area is 155 Å². The molecular weight excluding hydrogens is 358 g/mol. The Bertz CT molecular complexity index is 825. The first-order valence-corrected chi connectivity index (χ1v) is 9.29. The lowest BCUT2D eigenvalue weighted by Gasteiger charge is -2.22. The van der Waals surface area contributed by atoms with Gasteiger partial charge in [0.2, 0.25) is 5.91 Å². The minimum atomic E-state index is -0.772. The molecule has 3 rings (SSSR count). The quantitative estimate of drug-likeness (QED) is 0.784. The summed E-state index contributed by atoms with van der Waals surface area (Å²) in [6.07, 6.45) is 1.98. The van der Waals surface area contributed by atoms with Crippen molar-refractivity contribution in [3.63, 3.8) is 0 Å². The van der Waals surface area contributed by atoms with Gasteiger partial charge in [0, 0.05) is 17.6 Å². The van der Waals surface area contributed by atoms with E-state index in [0.717, 1.165) is 18.4 Å². The summed E-state index contributed by atoms with van der Waals surface area (Å²) in [6.45, 7) is 1.79. The Hall–Kier alpha value is -2.04. The van der Waals surface area contributed by atoms with E-state index in [2.05, 4.69) is 21.6 Å². The Kier molecular flexibility index (Phi) is 5.02. The smallest absolute Gasteiger partial charge is 0.231 e. The number of hydrogen-bond acceptors (Lipinski definition) is 5. The predicted molar refractivity (Wildman–Crippen MR) is 97.1 cm³/mol. The predicted octanol–water partition coefficient (Wildman–Crippen LogP) is 3.04. The summed E-state index contributed by atoms with van der Waals surface area (Å²) >= 11 is 7.20. The molecule has 25 heavy (non-hydrogen) atoms. The van der Waals surface area contributed by atoms with E-state index in [4.69, 9.17) is 11.6 Å². The largest absolute Gasteiger partial charge is 0.337 e. The molecule has 1 aromatic heterocycles. The van der Waals surface area contributed by atoms with E-state index in [0.29, 0.717) is 16.0 Å². The lowest BCUT2D eigenvalue weighted by Crippen LogP contribution is -2.47. The van der Waals surface area contributed by atoms with Gasteiger partial charge >= 0.3 is 0 Å². The molecule has 1 N–H and O–H groups in total. The minimum absolute atomic E-state index is 0.169. The fourth-order valence-electron chi connectivity index (χ4n) is 2.63. The van der Waals surface area contributed by atoms with Crippen molar-refractivity contribution < 1.29 is 4.79 Å². The lowest BCUT2D eigenvalue weighted by molar-refractivity contribution is -0.119. The summed E-state index contributed by atoms with van der Waals surface area (Å²) in [7, 11) is 1.85. The van der Waals surface area contributed by atoms with Crippen LogP contribution < -0.4 is 5.32 Å². The van der Waals surface area contributed by atoms with E-state index in [1.807, 2.05) is 23.7 Å². The lowest BCUT2D eigenvalue weighted by atomic mass is 9.98. The Morgan fingerprint density at radius 3 is 2.72 bits per heavy atom. The Morgan fingerprint density at radius 2 is 2.12 bits per heavy atom. The number of hydrogen-bond donors (Lipinski definition) is 1. The zero-order valence-electron chi connectivity index (χ0n) is 14.0. The zero-order chi connectivity index (χ0) is 18.0. The third kappa shape index (κ3) is 3.97. The number of nitriles is 1. The van der Waals surface area contributed by atoms with Gasteiger partial charge in [-0.1, -0.05) is 23.4 Å². The van der Waals surface area contributed by atoms with Gasteiger partial charge in [-0.25, -0.2) is 0 Å². The van der Waals surface area contributed by atoms with Crippen molar-refractivity contribution in [2.24, 2.45) is 13.0 Å². The monoisotopic (exact) mass is 375 g/mol. The zero-order valence-corrected chi connectivity index (χ0v) is 15.6. The van der Waals surface area contributed by atoms with Crippen LogP contribution in [0.3, 0.4) is 0 Å². The van der Waals surface area contributed by atoms with Crippen LogP contribution in [0.1, 0.15) is 19.8 Å². The molecule has 1 saturated carbocycles. The van der Waals surface area contributed by atoms with Gasteiger partial charge < -0.3 is 9.88 Å². The molecule has 0 unspecified atom stereocenters. The maximum Gasteiger partial charge on any atom is 0.231 e. The van der Waals surface area contributed by atoms with Crippen molar-refractivity contribution in [3.8, 4) is 17.5 Å². The molecule has 0 saturated heterocycles. The molecule has 1 fully saturated rings. The van der Waals surface area contributed by atoms with Gasteiger partial charge in [0.05, 0.1) is 11.8 Å². The van der Waals surface area contributed by atoms with Gasteiger partial charge in [0.15, 0.2) is 11.0 Å².